The number of aromatic nitrogens is 1. The Morgan fingerprint density at radius 2 is 1.96 bits per heavy atom. The fraction of sp³-hybridized carbons (Fsp3) is 0.429. The Bertz CT molecular complexity index is 982. The summed E-state index contributed by atoms with van der Waals surface area (Å²) in [5.41, 5.74) is 4.23. The molecule has 1 aromatic carbocycles. The molecule has 4 rings (SSSR count). The van der Waals surface area contributed by atoms with Crippen LogP contribution in [0.1, 0.15) is 53.2 Å². The van der Waals surface area contributed by atoms with Crippen LogP contribution in [0.25, 0.3) is 10.9 Å². The van der Waals surface area contributed by atoms with Gasteiger partial charge in [0.15, 0.2) is 0 Å². The zero-order valence-corrected chi connectivity index (χ0v) is 19.6. The van der Waals surface area contributed by atoms with Gasteiger partial charge in [0.1, 0.15) is 11.8 Å². The van der Waals surface area contributed by atoms with Crippen LogP contribution in [-0.2, 0) is 0 Å². The minimum atomic E-state index is -0.299. The summed E-state index contributed by atoms with van der Waals surface area (Å²) in [5.74, 6) is 0.267. The maximum absolute atomic E-state index is 12.6. The lowest BCUT2D eigenvalue weighted by atomic mass is 9.87. The van der Waals surface area contributed by atoms with Gasteiger partial charge < -0.3 is 0 Å². The van der Waals surface area contributed by atoms with Gasteiger partial charge in [-0.3, -0.25) is 13.1 Å². The average Bonchev–Trinajstić information content (AvgIpc) is 3.45. The number of aryl methyl sites for hydroxylation is 1. The Kier molecular flexibility index (Phi) is 6.12. The van der Waals surface area contributed by atoms with Crippen LogP contribution in [-0.4, -0.2) is 32.4 Å². The Morgan fingerprint density at radius 3 is 2.57 bits per heavy atom. The number of piperidine rings is 1. The fourth-order valence-electron chi connectivity index (χ4n) is 3.90. The van der Waals surface area contributed by atoms with E-state index in [-0.39, 0.29) is 11.4 Å². The van der Waals surface area contributed by atoms with Crippen molar-refractivity contribution in [2.24, 2.45) is 0 Å². The lowest BCUT2D eigenvalue weighted by Gasteiger charge is -2.32. The van der Waals surface area contributed by atoms with E-state index in [9.17, 15) is 4.79 Å². The van der Waals surface area contributed by atoms with E-state index in [0.29, 0.717) is 11.6 Å². The number of carbonyl (C=O) groups is 1. The van der Waals surface area contributed by atoms with E-state index < -0.39 is 0 Å². The molecule has 0 unspecified atom stereocenters. The summed E-state index contributed by atoms with van der Waals surface area (Å²) in [6.45, 7) is 8.06. The van der Waals surface area contributed by atoms with Gasteiger partial charge in [-0.05, 0) is 67.9 Å². The second-order valence-electron chi connectivity index (χ2n) is 7.59. The summed E-state index contributed by atoms with van der Waals surface area (Å²) in [7, 11) is 1.47. The first-order valence-corrected chi connectivity index (χ1v) is 13.7. The fourth-order valence-corrected chi connectivity index (χ4v) is 6.80. The maximum Gasteiger partial charge on any atom is 0.220 e. The van der Waals surface area contributed by atoms with Crippen molar-refractivity contribution in [3.8, 4) is 6.07 Å². The molecule has 1 saturated heterocycles. The van der Waals surface area contributed by atoms with Gasteiger partial charge in [-0.1, -0.05) is 18.5 Å². The highest BCUT2D eigenvalue weighted by molar-refractivity contribution is 14.2. The molecule has 0 bridgehead atoms. The molecule has 0 spiro atoms. The molecule has 0 atom stereocenters. The van der Waals surface area contributed by atoms with Gasteiger partial charge in [-0.15, -0.1) is 0 Å². The van der Waals surface area contributed by atoms with Crippen molar-refractivity contribution in [2.45, 2.75) is 43.8 Å². The molecule has 2 fully saturated rings. The van der Waals surface area contributed by atoms with Crippen LogP contribution in [0.4, 0.5) is 0 Å². The molecule has 1 aromatic heterocycles. The first kappa shape index (κ1) is 20.3. The first-order chi connectivity index (χ1) is 13.5. The van der Waals surface area contributed by atoms with Crippen molar-refractivity contribution in [1.82, 2.24) is 8.28 Å². The predicted molar refractivity (Wildman–Crippen MR) is 127 cm³/mol. The number of halogens is 1. The number of nitrogens with zero attached hydrogens (tertiary/aromatic N) is 3. The highest BCUT2D eigenvalue weighted by Gasteiger charge is 2.29. The lowest BCUT2D eigenvalue weighted by molar-refractivity contribution is 0.103. The van der Waals surface area contributed by atoms with Crippen LogP contribution in [0.15, 0.2) is 30.4 Å². The molecular weight excluding hydrogens is 501 g/mol. The molecule has 0 N–H and O–H groups in total. The predicted octanol–water partition coefficient (Wildman–Crippen LogP) is 6.05. The SMILES string of the molecule is C=C(C#N)C(=O)c1cc2cc(C)c(C3CCN(SC4CC4)CC3)cc2n1SI. The Hall–Kier alpha value is -0.950. The molecule has 0 radical (unpaired) electrons. The number of benzene rings is 1. The van der Waals surface area contributed by atoms with Crippen LogP contribution in [0.3, 0.4) is 0 Å². The molecule has 1 aliphatic heterocycles. The third kappa shape index (κ3) is 4.02. The third-order valence-corrected chi connectivity index (χ3v) is 8.72. The van der Waals surface area contributed by atoms with Crippen LogP contribution >= 0.6 is 42.3 Å². The smallest absolute Gasteiger partial charge is 0.220 e. The molecule has 0 amide bonds. The van der Waals surface area contributed by atoms with Gasteiger partial charge >= 0.3 is 0 Å². The molecular formula is C21H22IN3OS2. The Balaban J connectivity index is 1.63. The van der Waals surface area contributed by atoms with Crippen molar-refractivity contribution in [3.63, 3.8) is 0 Å². The number of nitriles is 1. The molecule has 28 heavy (non-hydrogen) atoms. The van der Waals surface area contributed by atoms with E-state index in [0.717, 1.165) is 29.2 Å². The summed E-state index contributed by atoms with van der Waals surface area (Å²) >= 11 is 4.25. The van der Waals surface area contributed by atoms with Gasteiger partial charge in [0, 0.05) is 54.1 Å². The molecule has 7 heteroatoms. The Labute approximate surface area is 186 Å². The molecule has 1 aliphatic carbocycles. The topological polar surface area (TPSA) is 49.0 Å². The number of allylic oxidation sites excluding steroid dienone is 1. The van der Waals surface area contributed by atoms with Crippen LogP contribution < -0.4 is 0 Å². The van der Waals surface area contributed by atoms with E-state index in [1.807, 2.05) is 16.1 Å². The third-order valence-electron chi connectivity index (χ3n) is 5.57. The highest BCUT2D eigenvalue weighted by atomic mass is 127. The molecule has 146 valence electrons. The Morgan fingerprint density at radius 1 is 1.25 bits per heavy atom. The molecule has 1 saturated carbocycles. The van der Waals surface area contributed by atoms with Gasteiger partial charge in [0.05, 0.1) is 11.1 Å². The van der Waals surface area contributed by atoms with E-state index in [2.05, 4.69) is 63.1 Å². The number of fused-ring (bicyclic) bond motifs is 1. The highest BCUT2D eigenvalue weighted by Crippen LogP contribution is 2.41. The molecule has 2 aliphatic rings. The lowest BCUT2D eigenvalue weighted by Crippen LogP contribution is -2.28. The van der Waals surface area contributed by atoms with E-state index in [4.69, 9.17) is 5.26 Å². The van der Waals surface area contributed by atoms with Crippen LogP contribution in [0.5, 0.6) is 0 Å². The molecule has 2 heterocycles. The second-order valence-corrected chi connectivity index (χ2v) is 10.7. The van der Waals surface area contributed by atoms with Crippen molar-refractivity contribution < 1.29 is 4.79 Å². The summed E-state index contributed by atoms with van der Waals surface area (Å²) in [6, 6.07) is 8.21. The minimum Gasteiger partial charge on any atom is -0.286 e. The summed E-state index contributed by atoms with van der Waals surface area (Å²) in [6.07, 6.45) is 5.12. The van der Waals surface area contributed by atoms with Gasteiger partial charge in [-0.25, -0.2) is 0 Å². The van der Waals surface area contributed by atoms with Crippen molar-refractivity contribution in [2.75, 3.05) is 13.1 Å². The van der Waals surface area contributed by atoms with Crippen molar-refractivity contribution in [1.29, 1.82) is 5.26 Å². The monoisotopic (exact) mass is 523 g/mol. The minimum absolute atomic E-state index is 0.0213. The standard InChI is InChI=1S/C21H22IN3OS2/c1-13-9-16-10-20(21(26)14(2)12-23)25(28-22)19(16)11-18(13)15-5-7-24(8-6-15)27-17-3-4-17/h9-11,15,17H,2-8H2,1H3. The number of ketones is 1. The molecule has 2 aromatic rings. The van der Waals surface area contributed by atoms with E-state index in [1.165, 1.54) is 45.9 Å². The van der Waals surface area contributed by atoms with Crippen LogP contribution in [0.2, 0.25) is 0 Å². The number of rotatable bonds is 6. The largest absolute Gasteiger partial charge is 0.286 e. The second kappa shape index (κ2) is 8.42. The zero-order valence-electron chi connectivity index (χ0n) is 15.8. The average molecular weight is 523 g/mol. The summed E-state index contributed by atoms with van der Waals surface area (Å²) in [4.78, 5) is 12.6. The van der Waals surface area contributed by atoms with Gasteiger partial charge in [-0.2, -0.15) is 5.26 Å². The normalized spacial score (nSPS) is 18.3. The maximum atomic E-state index is 12.6. The quantitative estimate of drug-likeness (QED) is 0.152. The summed E-state index contributed by atoms with van der Waals surface area (Å²) < 4.78 is 4.48. The number of Topliss-reactive ketones (excluding diaryl/α,β-unsaturated/α-hetero) is 1. The molecule has 4 nitrogen and oxygen atoms in total. The number of carbonyl (C=O) groups excluding carboxylic acids is 1. The zero-order chi connectivity index (χ0) is 19.8. The van der Waals surface area contributed by atoms with Crippen molar-refractivity contribution >= 4 is 59.0 Å². The number of hydrogen-bond acceptors (Lipinski definition) is 5. The van der Waals surface area contributed by atoms with Crippen molar-refractivity contribution in [3.05, 3.63) is 47.2 Å². The van der Waals surface area contributed by atoms with Gasteiger partial charge in [0.2, 0.25) is 5.78 Å². The van der Waals surface area contributed by atoms with Gasteiger partial charge in [0.25, 0.3) is 0 Å². The van der Waals surface area contributed by atoms with Crippen LogP contribution in [0, 0.1) is 18.3 Å². The summed E-state index contributed by atoms with van der Waals surface area (Å²) in [5, 5.41) is 11.0. The number of hydrogen-bond donors (Lipinski definition) is 0. The van der Waals surface area contributed by atoms with E-state index >= 15 is 0 Å². The first-order valence-electron chi connectivity index (χ1n) is 9.52. The van der Waals surface area contributed by atoms with E-state index in [1.54, 1.807) is 0 Å².